The van der Waals surface area contributed by atoms with Gasteiger partial charge in [-0.1, -0.05) is 11.6 Å². The average Bonchev–Trinajstić information content (AvgIpc) is 2.86. The van der Waals surface area contributed by atoms with E-state index in [-0.39, 0.29) is 6.04 Å². The molecule has 2 heterocycles. The second-order valence-corrected chi connectivity index (χ2v) is 5.49. The highest BCUT2D eigenvalue weighted by Crippen LogP contribution is 2.21. The summed E-state index contributed by atoms with van der Waals surface area (Å²) < 4.78 is 0. The van der Waals surface area contributed by atoms with E-state index < -0.39 is 0 Å². The molecule has 6 heteroatoms. The van der Waals surface area contributed by atoms with Gasteiger partial charge in [0.1, 0.15) is 5.02 Å². The van der Waals surface area contributed by atoms with Crippen LogP contribution in [0, 0.1) is 0 Å². The average molecular weight is 297 g/mol. The zero-order chi connectivity index (χ0) is 13.7. The standard InChI is InChI=1S/C13H17ClN4S/c1-3-15-13-16-7-11(14)12(18-13)17-9(2)6-10-4-5-19-8-10/h4-5,7-9H,3,6H2,1-2H3,(H2,15,16,17,18). The Hall–Kier alpha value is -1.33. The summed E-state index contributed by atoms with van der Waals surface area (Å²) in [7, 11) is 0. The molecule has 0 saturated carbocycles. The summed E-state index contributed by atoms with van der Waals surface area (Å²) in [5.41, 5.74) is 1.32. The van der Waals surface area contributed by atoms with E-state index in [2.05, 4.69) is 44.4 Å². The molecule has 0 bridgehead atoms. The first-order valence-corrected chi connectivity index (χ1v) is 7.55. The number of hydrogen-bond donors (Lipinski definition) is 2. The third-order valence-corrected chi connectivity index (χ3v) is 3.59. The van der Waals surface area contributed by atoms with Crippen LogP contribution in [-0.2, 0) is 6.42 Å². The molecule has 0 saturated heterocycles. The molecule has 4 nitrogen and oxygen atoms in total. The third kappa shape index (κ3) is 4.08. The van der Waals surface area contributed by atoms with Crippen LogP contribution in [0.4, 0.5) is 11.8 Å². The van der Waals surface area contributed by atoms with Crippen LogP contribution in [0.3, 0.4) is 0 Å². The summed E-state index contributed by atoms with van der Waals surface area (Å²) >= 11 is 7.82. The van der Waals surface area contributed by atoms with Crippen molar-refractivity contribution in [2.45, 2.75) is 26.3 Å². The summed E-state index contributed by atoms with van der Waals surface area (Å²) in [5, 5.41) is 11.2. The summed E-state index contributed by atoms with van der Waals surface area (Å²) in [6, 6.07) is 2.39. The molecule has 2 aromatic rings. The highest BCUT2D eigenvalue weighted by atomic mass is 35.5. The van der Waals surface area contributed by atoms with E-state index in [9.17, 15) is 0 Å². The van der Waals surface area contributed by atoms with Gasteiger partial charge in [0.15, 0.2) is 5.82 Å². The van der Waals surface area contributed by atoms with Gasteiger partial charge in [0.25, 0.3) is 0 Å². The van der Waals surface area contributed by atoms with Crippen LogP contribution in [0.1, 0.15) is 19.4 Å². The van der Waals surface area contributed by atoms with E-state index >= 15 is 0 Å². The van der Waals surface area contributed by atoms with Gasteiger partial charge in [-0.25, -0.2) is 4.98 Å². The molecule has 1 unspecified atom stereocenters. The maximum Gasteiger partial charge on any atom is 0.224 e. The van der Waals surface area contributed by atoms with Crippen molar-refractivity contribution in [2.75, 3.05) is 17.2 Å². The first kappa shape index (κ1) is 14.1. The van der Waals surface area contributed by atoms with Crippen LogP contribution >= 0.6 is 22.9 Å². The lowest BCUT2D eigenvalue weighted by Crippen LogP contribution is -2.19. The molecule has 0 aromatic carbocycles. The summed E-state index contributed by atoms with van der Waals surface area (Å²) in [6.07, 6.45) is 2.56. The number of hydrogen-bond acceptors (Lipinski definition) is 5. The molecule has 0 spiro atoms. The fourth-order valence-electron chi connectivity index (χ4n) is 1.76. The highest BCUT2D eigenvalue weighted by molar-refractivity contribution is 7.07. The van der Waals surface area contributed by atoms with Gasteiger partial charge in [-0.15, -0.1) is 0 Å². The lowest BCUT2D eigenvalue weighted by Gasteiger charge is -2.15. The Morgan fingerprint density at radius 2 is 2.32 bits per heavy atom. The molecular formula is C13H17ClN4S. The van der Waals surface area contributed by atoms with Crippen molar-refractivity contribution in [1.29, 1.82) is 0 Å². The molecule has 0 fully saturated rings. The van der Waals surface area contributed by atoms with Gasteiger partial charge in [-0.2, -0.15) is 16.3 Å². The first-order chi connectivity index (χ1) is 9.19. The molecule has 0 aliphatic carbocycles. The van der Waals surface area contributed by atoms with Crippen LogP contribution in [0.5, 0.6) is 0 Å². The number of thiophene rings is 1. The number of nitrogens with zero attached hydrogens (tertiary/aromatic N) is 2. The van der Waals surface area contributed by atoms with Crippen LogP contribution in [0.15, 0.2) is 23.0 Å². The normalized spacial score (nSPS) is 12.2. The summed E-state index contributed by atoms with van der Waals surface area (Å²) in [4.78, 5) is 8.49. The molecule has 0 aliphatic heterocycles. The molecule has 0 amide bonds. The molecule has 102 valence electrons. The van der Waals surface area contributed by atoms with Crippen molar-refractivity contribution in [3.05, 3.63) is 33.6 Å². The molecule has 2 aromatic heterocycles. The van der Waals surface area contributed by atoms with Gasteiger partial charge in [0, 0.05) is 12.6 Å². The molecular weight excluding hydrogens is 280 g/mol. The van der Waals surface area contributed by atoms with E-state index in [1.807, 2.05) is 6.92 Å². The Morgan fingerprint density at radius 1 is 1.47 bits per heavy atom. The molecule has 19 heavy (non-hydrogen) atoms. The van der Waals surface area contributed by atoms with Gasteiger partial charge in [-0.05, 0) is 42.7 Å². The second-order valence-electron chi connectivity index (χ2n) is 4.30. The van der Waals surface area contributed by atoms with Gasteiger partial charge in [-0.3, -0.25) is 0 Å². The number of aromatic nitrogens is 2. The summed E-state index contributed by atoms with van der Waals surface area (Å²) in [6.45, 7) is 4.90. The predicted octanol–water partition coefficient (Wildman–Crippen LogP) is 3.67. The van der Waals surface area contributed by atoms with Gasteiger partial charge >= 0.3 is 0 Å². The lowest BCUT2D eigenvalue weighted by molar-refractivity contribution is 0.786. The van der Waals surface area contributed by atoms with Crippen LogP contribution in [0.25, 0.3) is 0 Å². The summed E-state index contributed by atoms with van der Waals surface area (Å²) in [5.74, 6) is 1.27. The zero-order valence-electron chi connectivity index (χ0n) is 11.0. The largest absolute Gasteiger partial charge is 0.366 e. The maximum atomic E-state index is 6.11. The minimum absolute atomic E-state index is 0.261. The van der Waals surface area contributed by atoms with E-state index in [1.165, 1.54) is 5.56 Å². The monoisotopic (exact) mass is 296 g/mol. The quantitative estimate of drug-likeness (QED) is 0.854. The smallest absolute Gasteiger partial charge is 0.224 e. The molecule has 1 atom stereocenters. The maximum absolute atomic E-state index is 6.11. The van der Waals surface area contributed by atoms with Gasteiger partial charge in [0.05, 0.1) is 6.20 Å². The molecule has 0 radical (unpaired) electrons. The van der Waals surface area contributed by atoms with Crippen LogP contribution in [0.2, 0.25) is 5.02 Å². The number of anilines is 2. The predicted molar refractivity (Wildman–Crippen MR) is 82.3 cm³/mol. The van der Waals surface area contributed by atoms with Crippen LogP contribution < -0.4 is 10.6 Å². The Morgan fingerprint density at radius 3 is 3.00 bits per heavy atom. The van der Waals surface area contributed by atoms with Gasteiger partial charge < -0.3 is 10.6 Å². The van der Waals surface area contributed by atoms with E-state index in [0.717, 1.165) is 13.0 Å². The third-order valence-electron chi connectivity index (χ3n) is 2.58. The topological polar surface area (TPSA) is 49.8 Å². The number of nitrogens with one attached hydrogen (secondary N) is 2. The first-order valence-electron chi connectivity index (χ1n) is 6.23. The van der Waals surface area contributed by atoms with Gasteiger partial charge in [0.2, 0.25) is 5.95 Å². The van der Waals surface area contributed by atoms with Crippen molar-refractivity contribution < 1.29 is 0 Å². The minimum Gasteiger partial charge on any atom is -0.366 e. The number of rotatable bonds is 6. The van der Waals surface area contributed by atoms with Crippen molar-refractivity contribution in [2.24, 2.45) is 0 Å². The van der Waals surface area contributed by atoms with E-state index in [1.54, 1.807) is 17.5 Å². The number of halogens is 1. The van der Waals surface area contributed by atoms with Crippen molar-refractivity contribution in [1.82, 2.24) is 9.97 Å². The molecule has 0 aliphatic rings. The Balaban J connectivity index is 2.02. The van der Waals surface area contributed by atoms with Crippen molar-refractivity contribution >= 4 is 34.7 Å². The fraction of sp³-hybridized carbons (Fsp3) is 0.385. The highest BCUT2D eigenvalue weighted by Gasteiger charge is 2.09. The lowest BCUT2D eigenvalue weighted by atomic mass is 10.1. The van der Waals surface area contributed by atoms with E-state index in [0.29, 0.717) is 16.8 Å². The Bertz CT molecular complexity index is 515. The van der Waals surface area contributed by atoms with Crippen molar-refractivity contribution in [3.8, 4) is 0 Å². The fourth-order valence-corrected chi connectivity index (χ4v) is 2.59. The SMILES string of the molecule is CCNc1ncc(Cl)c(NC(C)Cc2ccsc2)n1. The van der Waals surface area contributed by atoms with Crippen LogP contribution in [-0.4, -0.2) is 22.6 Å². The Labute approximate surface area is 122 Å². The second kappa shape index (κ2) is 6.73. The molecule has 2 N–H and O–H groups in total. The minimum atomic E-state index is 0.261. The van der Waals surface area contributed by atoms with Crippen molar-refractivity contribution in [3.63, 3.8) is 0 Å². The zero-order valence-corrected chi connectivity index (χ0v) is 12.6. The Kier molecular flexibility index (Phi) is 4.99. The van der Waals surface area contributed by atoms with E-state index in [4.69, 9.17) is 11.6 Å². The molecule has 2 rings (SSSR count).